The third-order valence-electron chi connectivity index (χ3n) is 2.48. The second kappa shape index (κ2) is 5.90. The Balaban J connectivity index is 1.80. The van der Waals surface area contributed by atoms with Crippen molar-refractivity contribution in [2.24, 2.45) is 0 Å². The summed E-state index contributed by atoms with van der Waals surface area (Å²) in [6.45, 7) is 4.31. The second-order valence-electron chi connectivity index (χ2n) is 3.80. The minimum atomic E-state index is 0.120. The lowest BCUT2D eigenvalue weighted by Crippen LogP contribution is -2.12. The number of thiazole rings is 1. The van der Waals surface area contributed by atoms with E-state index in [4.69, 9.17) is 5.11 Å². The summed E-state index contributed by atoms with van der Waals surface area (Å²) in [7, 11) is 0. The van der Waals surface area contributed by atoms with Crippen LogP contribution in [0.15, 0.2) is 17.9 Å². The van der Waals surface area contributed by atoms with Crippen molar-refractivity contribution in [3.8, 4) is 0 Å². The Hall–Kier alpha value is -1.24. The van der Waals surface area contributed by atoms with E-state index in [0.717, 1.165) is 24.3 Å². The minimum absolute atomic E-state index is 0.120. The number of nitrogens with zero attached hydrogens (tertiary/aromatic N) is 3. The van der Waals surface area contributed by atoms with Crippen LogP contribution in [0.3, 0.4) is 0 Å². The maximum Gasteiger partial charge on any atom is 0.0798 e. The first-order valence-electron chi connectivity index (χ1n) is 5.51. The van der Waals surface area contributed by atoms with Crippen molar-refractivity contribution in [2.75, 3.05) is 6.61 Å². The summed E-state index contributed by atoms with van der Waals surface area (Å²) >= 11 is 1.67. The molecule has 2 aromatic rings. The molecule has 0 amide bonds. The number of aliphatic hydroxyl groups excluding tert-OH is 1. The molecule has 6 heteroatoms. The van der Waals surface area contributed by atoms with Crippen LogP contribution in [0.1, 0.15) is 16.1 Å². The smallest absolute Gasteiger partial charge is 0.0798 e. The molecule has 0 aliphatic rings. The van der Waals surface area contributed by atoms with E-state index in [9.17, 15) is 0 Å². The Morgan fingerprint density at radius 1 is 1.47 bits per heavy atom. The van der Waals surface area contributed by atoms with Crippen molar-refractivity contribution in [1.82, 2.24) is 20.1 Å². The van der Waals surface area contributed by atoms with Crippen molar-refractivity contribution in [1.29, 1.82) is 0 Å². The molecule has 0 aliphatic carbocycles. The molecule has 5 nitrogen and oxygen atoms in total. The molecule has 2 N–H and O–H groups in total. The number of aliphatic hydroxyl groups is 1. The van der Waals surface area contributed by atoms with Crippen molar-refractivity contribution >= 4 is 11.3 Å². The van der Waals surface area contributed by atoms with Gasteiger partial charge in [0, 0.05) is 29.7 Å². The van der Waals surface area contributed by atoms with E-state index in [1.807, 2.05) is 24.8 Å². The van der Waals surface area contributed by atoms with Crippen LogP contribution in [0.4, 0.5) is 0 Å². The zero-order valence-electron chi connectivity index (χ0n) is 9.76. The summed E-state index contributed by atoms with van der Waals surface area (Å²) in [6.07, 6.45) is 3.77. The third kappa shape index (κ3) is 3.36. The molecule has 0 bridgehead atoms. The van der Waals surface area contributed by atoms with Gasteiger partial charge in [-0.2, -0.15) is 5.10 Å². The van der Waals surface area contributed by atoms with Crippen LogP contribution in [0.2, 0.25) is 0 Å². The topological polar surface area (TPSA) is 63.0 Å². The SMILES string of the molecule is Cc1ncsc1CNCc1cnn(CCO)c1. The lowest BCUT2D eigenvalue weighted by molar-refractivity contribution is 0.269. The largest absolute Gasteiger partial charge is 0.394 e. The maximum absolute atomic E-state index is 8.78. The molecule has 2 aromatic heterocycles. The third-order valence-corrected chi connectivity index (χ3v) is 3.41. The highest BCUT2D eigenvalue weighted by molar-refractivity contribution is 7.09. The van der Waals surface area contributed by atoms with Gasteiger partial charge in [0.15, 0.2) is 0 Å². The molecule has 0 saturated carbocycles. The Bertz CT molecular complexity index is 465. The molecule has 0 radical (unpaired) electrons. The fraction of sp³-hybridized carbons (Fsp3) is 0.455. The van der Waals surface area contributed by atoms with E-state index in [1.54, 1.807) is 16.0 Å². The van der Waals surface area contributed by atoms with Gasteiger partial charge in [-0.1, -0.05) is 0 Å². The number of nitrogens with one attached hydrogen (secondary N) is 1. The Kier molecular flexibility index (Phi) is 4.24. The molecular weight excluding hydrogens is 236 g/mol. The van der Waals surface area contributed by atoms with Crippen molar-refractivity contribution < 1.29 is 5.11 Å². The van der Waals surface area contributed by atoms with Crippen LogP contribution in [0.5, 0.6) is 0 Å². The first-order chi connectivity index (χ1) is 8.29. The van der Waals surface area contributed by atoms with E-state index >= 15 is 0 Å². The summed E-state index contributed by atoms with van der Waals surface area (Å²) in [6, 6.07) is 0. The standard InChI is InChI=1S/C11H16N4OS/c1-9-11(17-8-13-9)6-12-4-10-5-14-15(7-10)2-3-16/h5,7-8,12,16H,2-4,6H2,1H3. The summed E-state index contributed by atoms with van der Waals surface area (Å²) < 4.78 is 1.75. The molecule has 0 spiro atoms. The van der Waals surface area contributed by atoms with Gasteiger partial charge in [-0.25, -0.2) is 4.98 Å². The highest BCUT2D eigenvalue weighted by Gasteiger charge is 2.02. The van der Waals surface area contributed by atoms with E-state index < -0.39 is 0 Å². The van der Waals surface area contributed by atoms with E-state index in [0.29, 0.717) is 6.54 Å². The van der Waals surface area contributed by atoms with Gasteiger partial charge in [-0.05, 0) is 6.92 Å². The van der Waals surface area contributed by atoms with E-state index in [-0.39, 0.29) is 6.61 Å². The van der Waals surface area contributed by atoms with Crippen LogP contribution < -0.4 is 5.32 Å². The number of hydrogen-bond acceptors (Lipinski definition) is 5. The first-order valence-corrected chi connectivity index (χ1v) is 6.39. The lowest BCUT2D eigenvalue weighted by Gasteiger charge is -2.01. The van der Waals surface area contributed by atoms with Gasteiger partial charge in [0.25, 0.3) is 0 Å². The Morgan fingerprint density at radius 2 is 2.35 bits per heavy atom. The molecular formula is C11H16N4OS. The molecule has 0 aliphatic heterocycles. The summed E-state index contributed by atoms with van der Waals surface area (Å²) in [5, 5.41) is 16.3. The fourth-order valence-electron chi connectivity index (χ4n) is 1.54. The molecule has 2 rings (SSSR count). The van der Waals surface area contributed by atoms with Gasteiger partial charge in [0.05, 0.1) is 30.6 Å². The Morgan fingerprint density at radius 3 is 3.06 bits per heavy atom. The van der Waals surface area contributed by atoms with E-state index in [1.165, 1.54) is 4.88 Å². The predicted molar refractivity (Wildman–Crippen MR) is 66.7 cm³/mol. The second-order valence-corrected chi connectivity index (χ2v) is 4.74. The monoisotopic (exact) mass is 252 g/mol. The number of aromatic nitrogens is 3. The fourth-order valence-corrected chi connectivity index (χ4v) is 2.29. The van der Waals surface area contributed by atoms with Crippen molar-refractivity contribution in [2.45, 2.75) is 26.6 Å². The molecule has 17 heavy (non-hydrogen) atoms. The van der Waals surface area contributed by atoms with Crippen LogP contribution in [0.25, 0.3) is 0 Å². The number of rotatable bonds is 6. The summed E-state index contributed by atoms with van der Waals surface area (Å²) in [4.78, 5) is 5.48. The quantitative estimate of drug-likeness (QED) is 0.803. The molecule has 0 fully saturated rings. The van der Waals surface area contributed by atoms with Crippen molar-refractivity contribution in [3.05, 3.63) is 34.0 Å². The molecule has 0 aromatic carbocycles. The van der Waals surface area contributed by atoms with Gasteiger partial charge in [0.1, 0.15) is 0 Å². The van der Waals surface area contributed by atoms with Crippen LogP contribution in [-0.2, 0) is 19.6 Å². The number of hydrogen-bond donors (Lipinski definition) is 2. The summed E-state index contributed by atoms with van der Waals surface area (Å²) in [5.41, 5.74) is 4.09. The number of aryl methyl sites for hydroxylation is 1. The van der Waals surface area contributed by atoms with Gasteiger partial charge in [-0.3, -0.25) is 4.68 Å². The van der Waals surface area contributed by atoms with Gasteiger partial charge >= 0.3 is 0 Å². The zero-order chi connectivity index (χ0) is 12.1. The lowest BCUT2D eigenvalue weighted by atomic mass is 10.3. The van der Waals surface area contributed by atoms with Crippen LogP contribution in [-0.4, -0.2) is 26.5 Å². The summed E-state index contributed by atoms with van der Waals surface area (Å²) in [5.74, 6) is 0. The average molecular weight is 252 g/mol. The predicted octanol–water partition coefficient (Wildman–Crippen LogP) is 0.930. The highest BCUT2D eigenvalue weighted by Crippen LogP contribution is 2.11. The van der Waals surface area contributed by atoms with Gasteiger partial charge < -0.3 is 10.4 Å². The van der Waals surface area contributed by atoms with Crippen LogP contribution >= 0.6 is 11.3 Å². The normalized spacial score (nSPS) is 10.9. The molecule has 2 heterocycles. The van der Waals surface area contributed by atoms with E-state index in [2.05, 4.69) is 15.4 Å². The van der Waals surface area contributed by atoms with Gasteiger partial charge in [0.2, 0.25) is 0 Å². The molecule has 0 unspecified atom stereocenters. The zero-order valence-corrected chi connectivity index (χ0v) is 10.6. The maximum atomic E-state index is 8.78. The molecule has 92 valence electrons. The average Bonchev–Trinajstić information content (AvgIpc) is 2.90. The van der Waals surface area contributed by atoms with Crippen LogP contribution in [0, 0.1) is 6.92 Å². The molecule has 0 saturated heterocycles. The highest BCUT2D eigenvalue weighted by atomic mass is 32.1. The molecule has 0 atom stereocenters. The van der Waals surface area contributed by atoms with Crippen molar-refractivity contribution in [3.63, 3.8) is 0 Å². The first kappa shape index (κ1) is 12.2. The minimum Gasteiger partial charge on any atom is -0.394 e. The Labute approximate surface area is 104 Å². The van der Waals surface area contributed by atoms with Gasteiger partial charge in [-0.15, -0.1) is 11.3 Å².